The summed E-state index contributed by atoms with van der Waals surface area (Å²) in [6, 6.07) is 15.3. The van der Waals surface area contributed by atoms with Gasteiger partial charge in [-0.2, -0.15) is 0 Å². The van der Waals surface area contributed by atoms with Gasteiger partial charge in [-0.15, -0.1) is 23.5 Å². The van der Waals surface area contributed by atoms with Crippen molar-refractivity contribution in [1.82, 2.24) is 0 Å². The molecule has 3 heteroatoms. The summed E-state index contributed by atoms with van der Waals surface area (Å²) in [4.78, 5) is 14.7. The molecule has 0 amide bonds. The summed E-state index contributed by atoms with van der Waals surface area (Å²) < 4.78 is 0. The smallest absolute Gasteiger partial charge is 0.194 e. The van der Waals surface area contributed by atoms with E-state index in [-0.39, 0.29) is 5.78 Å². The van der Waals surface area contributed by atoms with Gasteiger partial charge in [0, 0.05) is 20.9 Å². The van der Waals surface area contributed by atoms with Crippen LogP contribution in [0.3, 0.4) is 0 Å². The fourth-order valence-electron chi connectivity index (χ4n) is 1.81. The minimum atomic E-state index is 0.0934. The topological polar surface area (TPSA) is 17.1 Å². The molecule has 0 aliphatic carbocycles. The average molecular weight is 274 g/mol. The largest absolute Gasteiger partial charge is 0.289 e. The molecule has 0 bridgehead atoms. The number of thioether (sulfide) groups is 2. The fourth-order valence-corrected chi connectivity index (χ4v) is 3.47. The minimum absolute atomic E-state index is 0.0934. The molecule has 0 atom stereocenters. The van der Waals surface area contributed by atoms with E-state index < -0.39 is 0 Å². The zero-order valence-corrected chi connectivity index (χ0v) is 12.0. The van der Waals surface area contributed by atoms with Crippen LogP contribution in [0.2, 0.25) is 0 Å². The Morgan fingerprint density at radius 3 is 2.22 bits per heavy atom. The lowest BCUT2D eigenvalue weighted by Crippen LogP contribution is -2.03. The Labute approximate surface area is 116 Å². The molecule has 18 heavy (non-hydrogen) atoms. The van der Waals surface area contributed by atoms with Crippen LogP contribution < -0.4 is 0 Å². The van der Waals surface area contributed by atoms with E-state index >= 15 is 0 Å². The van der Waals surface area contributed by atoms with Gasteiger partial charge in [0.15, 0.2) is 5.78 Å². The van der Waals surface area contributed by atoms with E-state index in [1.54, 1.807) is 23.5 Å². The Morgan fingerprint density at radius 2 is 1.61 bits per heavy atom. The van der Waals surface area contributed by atoms with Crippen molar-refractivity contribution in [3.63, 3.8) is 0 Å². The molecular formula is C15H14OS2. The number of ketones is 1. The number of hydrogen-bond acceptors (Lipinski definition) is 3. The molecule has 92 valence electrons. The van der Waals surface area contributed by atoms with Crippen LogP contribution in [0.4, 0.5) is 0 Å². The molecule has 0 aliphatic heterocycles. The van der Waals surface area contributed by atoms with Gasteiger partial charge in [0.25, 0.3) is 0 Å². The van der Waals surface area contributed by atoms with E-state index in [0.29, 0.717) is 0 Å². The highest BCUT2D eigenvalue weighted by atomic mass is 32.2. The second-order valence-electron chi connectivity index (χ2n) is 3.74. The first kappa shape index (κ1) is 13.2. The van der Waals surface area contributed by atoms with Crippen LogP contribution in [0.25, 0.3) is 0 Å². The molecule has 2 rings (SSSR count). The maximum absolute atomic E-state index is 12.5. The second-order valence-corrected chi connectivity index (χ2v) is 5.40. The van der Waals surface area contributed by atoms with Crippen molar-refractivity contribution in [2.75, 3.05) is 12.5 Å². The first-order valence-corrected chi connectivity index (χ1v) is 8.03. The summed E-state index contributed by atoms with van der Waals surface area (Å²) in [5.41, 5.74) is 1.53. The number of rotatable bonds is 4. The third kappa shape index (κ3) is 2.62. The highest BCUT2D eigenvalue weighted by Crippen LogP contribution is 2.32. The third-order valence-electron chi connectivity index (χ3n) is 2.68. The van der Waals surface area contributed by atoms with Gasteiger partial charge in [0.2, 0.25) is 0 Å². The highest BCUT2D eigenvalue weighted by molar-refractivity contribution is 8.01. The molecule has 0 fully saturated rings. The van der Waals surface area contributed by atoms with Gasteiger partial charge in [-0.1, -0.05) is 36.4 Å². The Morgan fingerprint density at radius 1 is 0.889 bits per heavy atom. The Kier molecular flexibility index (Phi) is 4.50. The molecule has 0 spiro atoms. The SMILES string of the molecule is CSc1cccc(C(=O)c2ccccc2)c1SC. The average Bonchev–Trinajstić information content (AvgIpc) is 2.46. The fraction of sp³-hybridized carbons (Fsp3) is 0.133. The van der Waals surface area contributed by atoms with Crippen molar-refractivity contribution >= 4 is 29.3 Å². The van der Waals surface area contributed by atoms with Crippen LogP contribution in [-0.4, -0.2) is 18.3 Å². The van der Waals surface area contributed by atoms with E-state index in [1.165, 1.54) is 0 Å². The van der Waals surface area contributed by atoms with Crippen molar-refractivity contribution < 1.29 is 4.79 Å². The number of hydrogen-bond donors (Lipinski definition) is 0. The van der Waals surface area contributed by atoms with E-state index in [9.17, 15) is 4.79 Å². The molecule has 0 N–H and O–H groups in total. The molecule has 0 saturated carbocycles. The molecule has 0 saturated heterocycles. The molecule has 2 aromatic rings. The molecule has 0 aliphatic rings. The third-order valence-corrected chi connectivity index (χ3v) is 4.44. The van der Waals surface area contributed by atoms with Gasteiger partial charge in [-0.3, -0.25) is 4.79 Å². The maximum Gasteiger partial charge on any atom is 0.194 e. The van der Waals surface area contributed by atoms with Gasteiger partial charge < -0.3 is 0 Å². The van der Waals surface area contributed by atoms with E-state index in [2.05, 4.69) is 6.07 Å². The van der Waals surface area contributed by atoms with Gasteiger partial charge in [0.1, 0.15) is 0 Å². The van der Waals surface area contributed by atoms with Crippen LogP contribution >= 0.6 is 23.5 Å². The quantitative estimate of drug-likeness (QED) is 0.609. The monoisotopic (exact) mass is 274 g/mol. The Hall–Kier alpha value is -1.19. The first-order valence-electron chi connectivity index (χ1n) is 5.58. The first-order chi connectivity index (χ1) is 8.77. The highest BCUT2D eigenvalue weighted by Gasteiger charge is 2.15. The molecule has 0 aromatic heterocycles. The van der Waals surface area contributed by atoms with Crippen molar-refractivity contribution in [3.05, 3.63) is 59.7 Å². The second kappa shape index (κ2) is 6.12. The normalized spacial score (nSPS) is 10.3. The van der Waals surface area contributed by atoms with Crippen LogP contribution in [0.5, 0.6) is 0 Å². The summed E-state index contributed by atoms with van der Waals surface area (Å²) in [6.45, 7) is 0. The zero-order valence-electron chi connectivity index (χ0n) is 10.3. The Balaban J connectivity index is 2.48. The Bertz CT molecular complexity index is 550. The molecular weight excluding hydrogens is 260 g/mol. The summed E-state index contributed by atoms with van der Waals surface area (Å²) in [6.07, 6.45) is 4.04. The molecule has 0 radical (unpaired) electrons. The predicted octanol–water partition coefficient (Wildman–Crippen LogP) is 4.36. The number of carbonyl (C=O) groups excluding carboxylic acids is 1. The van der Waals surface area contributed by atoms with Gasteiger partial charge >= 0.3 is 0 Å². The van der Waals surface area contributed by atoms with Crippen molar-refractivity contribution in [2.45, 2.75) is 9.79 Å². The zero-order chi connectivity index (χ0) is 13.0. The van der Waals surface area contributed by atoms with Crippen molar-refractivity contribution in [2.24, 2.45) is 0 Å². The minimum Gasteiger partial charge on any atom is -0.289 e. The van der Waals surface area contributed by atoms with E-state index in [0.717, 1.165) is 20.9 Å². The molecule has 0 heterocycles. The molecule has 0 unspecified atom stereocenters. The standard InChI is InChI=1S/C15H14OS2/c1-17-13-10-6-9-12(15(13)18-2)14(16)11-7-4-3-5-8-11/h3-10H,1-2H3. The summed E-state index contributed by atoms with van der Waals surface area (Å²) >= 11 is 3.30. The lowest BCUT2D eigenvalue weighted by molar-refractivity contribution is 0.103. The predicted molar refractivity (Wildman–Crippen MR) is 79.9 cm³/mol. The number of benzene rings is 2. The van der Waals surface area contributed by atoms with Crippen molar-refractivity contribution in [3.8, 4) is 0 Å². The van der Waals surface area contributed by atoms with Gasteiger partial charge in [0.05, 0.1) is 0 Å². The van der Waals surface area contributed by atoms with Crippen molar-refractivity contribution in [1.29, 1.82) is 0 Å². The molecule has 2 aromatic carbocycles. The lowest BCUT2D eigenvalue weighted by atomic mass is 10.0. The summed E-state index contributed by atoms with van der Waals surface area (Å²) in [5.74, 6) is 0.0934. The van der Waals surface area contributed by atoms with E-state index in [4.69, 9.17) is 0 Å². The summed E-state index contributed by atoms with van der Waals surface area (Å²) in [5, 5.41) is 0. The van der Waals surface area contributed by atoms with E-state index in [1.807, 2.05) is 55.0 Å². The van der Waals surface area contributed by atoms with Crippen LogP contribution in [0.15, 0.2) is 58.3 Å². The van der Waals surface area contributed by atoms with Crippen LogP contribution in [-0.2, 0) is 0 Å². The van der Waals surface area contributed by atoms with Gasteiger partial charge in [-0.05, 0) is 24.6 Å². The molecule has 1 nitrogen and oxygen atoms in total. The lowest BCUT2D eigenvalue weighted by Gasteiger charge is -2.10. The maximum atomic E-state index is 12.5. The van der Waals surface area contributed by atoms with Crippen LogP contribution in [0, 0.1) is 0 Å². The van der Waals surface area contributed by atoms with Gasteiger partial charge in [-0.25, -0.2) is 0 Å². The van der Waals surface area contributed by atoms with Crippen LogP contribution in [0.1, 0.15) is 15.9 Å². The summed E-state index contributed by atoms with van der Waals surface area (Å²) in [7, 11) is 0. The number of carbonyl (C=O) groups is 1.